The van der Waals surface area contributed by atoms with Crippen molar-refractivity contribution >= 4 is 17.2 Å². The molecule has 0 spiro atoms. The molecular weight excluding hydrogens is 352 g/mol. The quantitative estimate of drug-likeness (QED) is 0.861. The number of piperazine rings is 1. The Morgan fingerprint density at radius 3 is 2.64 bits per heavy atom. The zero-order valence-corrected chi connectivity index (χ0v) is 17.1. The third-order valence-corrected chi connectivity index (χ3v) is 6.03. The van der Waals surface area contributed by atoms with Gasteiger partial charge in [-0.25, -0.2) is 14.8 Å². The van der Waals surface area contributed by atoms with E-state index in [0.29, 0.717) is 12.0 Å². The van der Waals surface area contributed by atoms with E-state index in [-0.39, 0.29) is 6.03 Å². The molecule has 0 radical (unpaired) electrons. The van der Waals surface area contributed by atoms with Crippen molar-refractivity contribution in [1.29, 1.82) is 0 Å². The first-order valence-electron chi connectivity index (χ1n) is 10.7. The Morgan fingerprint density at radius 1 is 1.18 bits per heavy atom. The van der Waals surface area contributed by atoms with E-state index in [4.69, 9.17) is 4.98 Å². The third kappa shape index (κ3) is 4.14. The number of hydrogen-bond acceptors (Lipinski definition) is 4. The molecule has 0 atom stereocenters. The Balaban J connectivity index is 1.31. The van der Waals surface area contributed by atoms with Crippen LogP contribution in [0, 0.1) is 0 Å². The highest BCUT2D eigenvalue weighted by atomic mass is 16.2. The van der Waals surface area contributed by atoms with Crippen molar-refractivity contribution in [3.63, 3.8) is 0 Å². The van der Waals surface area contributed by atoms with E-state index in [2.05, 4.69) is 33.6 Å². The topological polar surface area (TPSA) is 66.3 Å². The molecule has 1 saturated carbocycles. The lowest BCUT2D eigenvalue weighted by molar-refractivity contribution is 0.135. The van der Waals surface area contributed by atoms with Crippen LogP contribution in [0.2, 0.25) is 0 Å². The van der Waals surface area contributed by atoms with E-state index < -0.39 is 0 Å². The third-order valence-electron chi connectivity index (χ3n) is 6.03. The van der Waals surface area contributed by atoms with Crippen LogP contribution in [-0.2, 0) is 6.54 Å². The molecule has 152 valence electrons. The predicted octanol–water partition coefficient (Wildman–Crippen LogP) is 2.82. The Labute approximate surface area is 167 Å². The second-order valence-corrected chi connectivity index (χ2v) is 8.38. The number of carbonyl (C=O) groups excluding carboxylic acids is 1. The highest BCUT2D eigenvalue weighted by Gasteiger charge is 2.24. The van der Waals surface area contributed by atoms with Crippen LogP contribution in [0.25, 0.3) is 11.2 Å². The summed E-state index contributed by atoms with van der Waals surface area (Å²) in [7, 11) is 0. The molecule has 1 saturated heterocycles. The van der Waals surface area contributed by atoms with Crippen LogP contribution in [-0.4, -0.2) is 69.1 Å². The number of imidazole rings is 1. The van der Waals surface area contributed by atoms with Crippen LogP contribution in [0.15, 0.2) is 18.3 Å². The van der Waals surface area contributed by atoms with Crippen LogP contribution in [0.4, 0.5) is 4.79 Å². The van der Waals surface area contributed by atoms with Gasteiger partial charge in [-0.3, -0.25) is 4.90 Å². The summed E-state index contributed by atoms with van der Waals surface area (Å²) in [6, 6.07) is 4.49. The van der Waals surface area contributed by atoms with Crippen LogP contribution in [0.3, 0.4) is 0 Å². The van der Waals surface area contributed by atoms with Gasteiger partial charge in [0.15, 0.2) is 5.65 Å². The Bertz CT molecular complexity index is 802. The van der Waals surface area contributed by atoms with Crippen molar-refractivity contribution in [2.24, 2.45) is 0 Å². The number of amides is 2. The van der Waals surface area contributed by atoms with Crippen molar-refractivity contribution in [2.45, 2.75) is 58.0 Å². The van der Waals surface area contributed by atoms with Gasteiger partial charge in [0.05, 0.1) is 0 Å². The van der Waals surface area contributed by atoms with Crippen molar-refractivity contribution in [3.8, 4) is 0 Å². The van der Waals surface area contributed by atoms with Crippen molar-refractivity contribution in [3.05, 3.63) is 24.2 Å². The lowest BCUT2D eigenvalue weighted by Gasteiger charge is -2.35. The molecule has 4 rings (SSSR count). The molecule has 28 heavy (non-hydrogen) atoms. The fourth-order valence-electron chi connectivity index (χ4n) is 4.39. The van der Waals surface area contributed by atoms with Gasteiger partial charge in [0, 0.05) is 57.4 Å². The van der Waals surface area contributed by atoms with Gasteiger partial charge in [-0.15, -0.1) is 0 Å². The highest BCUT2D eigenvalue weighted by Crippen LogP contribution is 2.20. The lowest BCUT2D eigenvalue weighted by atomic mass is 10.2. The summed E-state index contributed by atoms with van der Waals surface area (Å²) in [5.74, 6) is 1.47. The van der Waals surface area contributed by atoms with Crippen LogP contribution < -0.4 is 5.32 Å². The summed E-state index contributed by atoms with van der Waals surface area (Å²) in [6.45, 7) is 9.66. The molecule has 7 nitrogen and oxygen atoms in total. The summed E-state index contributed by atoms with van der Waals surface area (Å²) in [4.78, 5) is 26.2. The van der Waals surface area contributed by atoms with Crippen molar-refractivity contribution < 1.29 is 4.79 Å². The van der Waals surface area contributed by atoms with Crippen LogP contribution >= 0.6 is 0 Å². The standard InChI is InChI=1S/C21H32N6O/c1-16(2)19-24-18-8-5-9-22-20(18)27(19)15-12-25-10-13-26(14-11-25)21(28)23-17-6-3-4-7-17/h5,8-9,16-17H,3-4,6-7,10-15H2,1-2H3,(H,23,28). The molecular formula is C21H32N6O. The van der Waals surface area contributed by atoms with Gasteiger partial charge in [-0.05, 0) is 25.0 Å². The van der Waals surface area contributed by atoms with Crippen LogP contribution in [0.5, 0.6) is 0 Å². The van der Waals surface area contributed by atoms with E-state index in [1.165, 1.54) is 12.8 Å². The minimum atomic E-state index is 0.124. The van der Waals surface area contributed by atoms with Gasteiger partial charge in [0.1, 0.15) is 11.3 Å². The smallest absolute Gasteiger partial charge is 0.317 e. The molecule has 2 aromatic rings. The number of rotatable bonds is 5. The van der Waals surface area contributed by atoms with E-state index in [9.17, 15) is 4.79 Å². The monoisotopic (exact) mass is 384 g/mol. The molecule has 1 aliphatic carbocycles. The SMILES string of the molecule is CC(C)c1nc2cccnc2n1CCN1CCN(C(=O)NC2CCCC2)CC1. The fourth-order valence-corrected chi connectivity index (χ4v) is 4.39. The van der Waals surface area contributed by atoms with Gasteiger partial charge < -0.3 is 14.8 Å². The van der Waals surface area contributed by atoms with Gasteiger partial charge in [0.2, 0.25) is 0 Å². The molecule has 2 aromatic heterocycles. The summed E-state index contributed by atoms with van der Waals surface area (Å²) in [5.41, 5.74) is 1.94. The Hall–Kier alpha value is -2.15. The van der Waals surface area contributed by atoms with E-state index in [1.807, 2.05) is 23.2 Å². The van der Waals surface area contributed by atoms with Gasteiger partial charge in [-0.2, -0.15) is 0 Å². The zero-order chi connectivity index (χ0) is 19.5. The fraction of sp³-hybridized carbons (Fsp3) is 0.667. The molecule has 1 N–H and O–H groups in total. The Kier molecular flexibility index (Phi) is 5.80. The maximum absolute atomic E-state index is 12.4. The van der Waals surface area contributed by atoms with E-state index >= 15 is 0 Å². The first-order chi connectivity index (χ1) is 13.6. The summed E-state index contributed by atoms with van der Waals surface area (Å²) in [5, 5.41) is 3.21. The second-order valence-electron chi connectivity index (χ2n) is 8.38. The largest absolute Gasteiger partial charge is 0.335 e. The van der Waals surface area contributed by atoms with Crippen LogP contribution in [0.1, 0.15) is 51.3 Å². The zero-order valence-electron chi connectivity index (χ0n) is 17.1. The van der Waals surface area contributed by atoms with Gasteiger partial charge >= 0.3 is 6.03 Å². The first kappa shape index (κ1) is 19.2. The minimum Gasteiger partial charge on any atom is -0.335 e. The number of hydrogen-bond donors (Lipinski definition) is 1. The second kappa shape index (κ2) is 8.47. The molecule has 3 heterocycles. The molecule has 7 heteroatoms. The maximum atomic E-state index is 12.4. The molecule has 2 fully saturated rings. The number of nitrogens with one attached hydrogen (secondary N) is 1. The lowest BCUT2D eigenvalue weighted by Crippen LogP contribution is -2.53. The number of carbonyl (C=O) groups is 1. The average Bonchev–Trinajstić information content (AvgIpc) is 3.34. The Morgan fingerprint density at radius 2 is 1.93 bits per heavy atom. The number of aromatic nitrogens is 3. The molecule has 2 amide bonds. The molecule has 0 unspecified atom stereocenters. The number of nitrogens with zero attached hydrogens (tertiary/aromatic N) is 5. The van der Waals surface area contributed by atoms with Gasteiger partial charge in [0.25, 0.3) is 0 Å². The normalized spacial score (nSPS) is 19.0. The number of urea groups is 1. The first-order valence-corrected chi connectivity index (χ1v) is 10.7. The number of pyridine rings is 1. The summed E-state index contributed by atoms with van der Waals surface area (Å²) in [6.07, 6.45) is 6.60. The average molecular weight is 385 g/mol. The highest BCUT2D eigenvalue weighted by molar-refractivity contribution is 5.74. The molecule has 0 bridgehead atoms. The van der Waals surface area contributed by atoms with E-state index in [1.54, 1.807) is 0 Å². The number of fused-ring (bicyclic) bond motifs is 1. The minimum absolute atomic E-state index is 0.124. The van der Waals surface area contributed by atoms with Gasteiger partial charge in [-0.1, -0.05) is 26.7 Å². The van der Waals surface area contributed by atoms with Crippen molar-refractivity contribution in [1.82, 2.24) is 29.7 Å². The molecule has 1 aliphatic heterocycles. The maximum Gasteiger partial charge on any atom is 0.317 e. The predicted molar refractivity (Wildman–Crippen MR) is 110 cm³/mol. The molecule has 2 aliphatic rings. The van der Waals surface area contributed by atoms with E-state index in [0.717, 1.165) is 69.1 Å². The van der Waals surface area contributed by atoms with Crippen molar-refractivity contribution in [2.75, 3.05) is 32.7 Å². The summed E-state index contributed by atoms with van der Waals surface area (Å²) < 4.78 is 2.26. The summed E-state index contributed by atoms with van der Waals surface area (Å²) >= 11 is 0. The molecule has 0 aromatic carbocycles.